The highest BCUT2D eigenvalue weighted by Gasteiger charge is 2.12. The molecule has 0 bridgehead atoms. The monoisotopic (exact) mass is 103 g/mol. The summed E-state index contributed by atoms with van der Waals surface area (Å²) in [4.78, 5) is 4.22. The van der Waals surface area contributed by atoms with Crippen LogP contribution in [-0.4, -0.2) is 12.0 Å². The highest BCUT2D eigenvalue weighted by atomic mass is 16.8. The lowest BCUT2D eigenvalue weighted by Crippen LogP contribution is -2.42. The smallest absolute Gasteiger partial charge is 0.176 e. The van der Waals surface area contributed by atoms with Crippen LogP contribution in [0.15, 0.2) is 5.16 Å². The normalized spacial score (nSPS) is 34.1. The molecule has 0 aromatic rings. The molecule has 40 valence electrons. The van der Waals surface area contributed by atoms with E-state index in [4.69, 9.17) is 12.9 Å². The second-order valence-electron chi connectivity index (χ2n) is 1.15. The van der Waals surface area contributed by atoms with Crippen molar-refractivity contribution in [2.45, 2.75) is 6.17 Å². The van der Waals surface area contributed by atoms with E-state index >= 15 is 0 Å². The highest BCUT2D eigenvalue weighted by Crippen LogP contribution is 1.84. The van der Waals surface area contributed by atoms with Crippen molar-refractivity contribution in [3.63, 3.8) is 0 Å². The third-order valence-electron chi connectivity index (χ3n) is 0.610. The number of hydrogen-bond acceptors (Lipinski definition) is 5. The van der Waals surface area contributed by atoms with Gasteiger partial charge in [0.15, 0.2) is 13.4 Å². The number of hydrogen-bond donors (Lipinski definition) is 3. The molecular formula is C2H6N4O. The van der Waals surface area contributed by atoms with E-state index in [1.165, 1.54) is 0 Å². The van der Waals surface area contributed by atoms with Gasteiger partial charge >= 0.3 is 0 Å². The standard InChI is InChI=1S/C2H6N4O/c3-1-2(4)6-7-5-1/h1,5H,3H2,(H2,4,6)/i/hD. The van der Waals surface area contributed by atoms with Gasteiger partial charge in [0.1, 0.15) is 0 Å². The predicted octanol–water partition coefficient (Wildman–Crippen LogP) is -1.92. The van der Waals surface area contributed by atoms with Gasteiger partial charge in [-0.25, -0.2) is 0 Å². The van der Waals surface area contributed by atoms with Gasteiger partial charge in [-0.05, 0) is 5.16 Å². The molecule has 0 amide bonds. The van der Waals surface area contributed by atoms with Crippen molar-refractivity contribution in [1.82, 2.24) is 5.47 Å². The largest absolute Gasteiger partial charge is 0.382 e. The Kier molecular flexibility index (Phi) is 0.626. The van der Waals surface area contributed by atoms with Gasteiger partial charge in [0, 0.05) is 0 Å². The fraction of sp³-hybridized carbons (Fsp3) is 0.500. The van der Waals surface area contributed by atoms with Crippen molar-refractivity contribution in [2.75, 3.05) is 0 Å². The second-order valence-corrected chi connectivity index (χ2v) is 1.15. The minimum Gasteiger partial charge on any atom is -0.382 e. The van der Waals surface area contributed by atoms with Gasteiger partial charge < -0.3 is 11.5 Å². The first kappa shape index (κ1) is 3.23. The maximum absolute atomic E-state index is 6.76. The molecule has 5 N–H and O–H groups in total. The zero-order valence-corrected chi connectivity index (χ0v) is 3.53. The second kappa shape index (κ2) is 1.36. The zero-order valence-electron chi connectivity index (χ0n) is 4.53. The number of rotatable bonds is 0. The Balaban J connectivity index is 2.59. The molecule has 1 aliphatic rings. The highest BCUT2D eigenvalue weighted by molar-refractivity contribution is 5.85. The summed E-state index contributed by atoms with van der Waals surface area (Å²) >= 11 is 0. The van der Waals surface area contributed by atoms with Crippen LogP contribution in [0.25, 0.3) is 0 Å². The molecule has 0 saturated heterocycles. The number of nitrogens with one attached hydrogen (secondary N) is 1. The van der Waals surface area contributed by atoms with Gasteiger partial charge in [-0.1, -0.05) is 0 Å². The number of nitrogens with zero attached hydrogens (tertiary/aromatic N) is 1. The van der Waals surface area contributed by atoms with Crippen LogP contribution in [0.2, 0.25) is 1.41 Å². The summed E-state index contributed by atoms with van der Waals surface area (Å²) in [6.45, 7) is 0. The molecule has 0 aromatic heterocycles. The lowest BCUT2D eigenvalue weighted by atomic mass is 10.5. The Morgan fingerprint density at radius 1 is 2.14 bits per heavy atom. The zero-order chi connectivity index (χ0) is 6.15. The topological polar surface area (TPSA) is 85.7 Å². The molecule has 1 aliphatic heterocycles. The summed E-state index contributed by atoms with van der Waals surface area (Å²) < 4.78 is 6.76. The van der Waals surface area contributed by atoms with Gasteiger partial charge in [-0.3, -0.25) is 4.94 Å². The lowest BCUT2D eigenvalue weighted by molar-refractivity contribution is 0.0610. The number of oxime groups is 1. The third-order valence-corrected chi connectivity index (χ3v) is 0.610. The molecule has 1 atom stereocenters. The number of hydroxylamine groups is 1. The maximum atomic E-state index is 6.76. The Hall–Kier alpha value is -0.810. The summed E-state index contributed by atoms with van der Waals surface area (Å²) in [5, 5.41) is 3.21. The van der Waals surface area contributed by atoms with E-state index in [0.29, 0.717) is 5.47 Å². The predicted molar refractivity (Wildman–Crippen MR) is 23.8 cm³/mol. The summed E-state index contributed by atoms with van der Waals surface area (Å²) in [6.07, 6.45) is -0.713. The first-order chi connectivity index (χ1) is 3.72. The molecule has 0 radical (unpaired) electrons. The van der Waals surface area contributed by atoms with Gasteiger partial charge in [-0.2, -0.15) is 0 Å². The van der Waals surface area contributed by atoms with E-state index in [1.807, 2.05) is 0 Å². The molecule has 0 spiro atoms. The molecule has 0 saturated carbocycles. The van der Waals surface area contributed by atoms with Gasteiger partial charge in [-0.15, -0.1) is 5.47 Å². The first-order valence-corrected chi connectivity index (χ1v) is 1.76. The van der Waals surface area contributed by atoms with Gasteiger partial charge in [0.05, 0.1) is 0 Å². The van der Waals surface area contributed by atoms with E-state index in [9.17, 15) is 0 Å². The lowest BCUT2D eigenvalue weighted by Gasteiger charge is -1.94. The molecule has 1 unspecified atom stereocenters. The van der Waals surface area contributed by atoms with Crippen LogP contribution >= 0.6 is 0 Å². The van der Waals surface area contributed by atoms with Crippen LogP contribution < -0.4 is 16.9 Å². The van der Waals surface area contributed by atoms with Gasteiger partial charge in [0.25, 0.3) is 0 Å². The van der Waals surface area contributed by atoms with Crippen molar-refractivity contribution in [1.29, 1.82) is 0 Å². The quantitative estimate of drug-likeness (QED) is 0.333. The van der Waals surface area contributed by atoms with Crippen molar-refractivity contribution < 1.29 is 6.35 Å². The molecular weight excluding hydrogens is 96.0 g/mol. The van der Waals surface area contributed by atoms with Crippen LogP contribution in [0, 0.1) is 0 Å². The Bertz CT molecular complexity index is 125. The van der Waals surface area contributed by atoms with E-state index in [0.717, 1.165) is 0 Å². The molecule has 5 nitrogen and oxygen atoms in total. The van der Waals surface area contributed by atoms with Crippen molar-refractivity contribution >= 4 is 5.84 Å². The summed E-state index contributed by atoms with van der Waals surface area (Å²) in [5.41, 5.74) is 10.9. The molecule has 0 aliphatic carbocycles. The van der Waals surface area contributed by atoms with Crippen LogP contribution in [-0.2, 0) is 4.94 Å². The van der Waals surface area contributed by atoms with Crippen molar-refractivity contribution in [3.8, 4) is 0 Å². The molecule has 5 heteroatoms. The minimum absolute atomic E-state index is 0.125. The number of nitrogens with two attached hydrogens (primary N) is 2. The number of amidine groups is 1. The first-order valence-electron chi connectivity index (χ1n) is 2.20. The average Bonchev–Trinajstić information content (AvgIpc) is 1.98. The Morgan fingerprint density at radius 2 is 2.86 bits per heavy atom. The molecule has 0 fully saturated rings. The van der Waals surface area contributed by atoms with Crippen LogP contribution in [0.3, 0.4) is 0 Å². The van der Waals surface area contributed by atoms with Crippen molar-refractivity contribution in [3.05, 3.63) is 0 Å². The van der Waals surface area contributed by atoms with Crippen LogP contribution in [0.1, 0.15) is 0 Å². The maximum Gasteiger partial charge on any atom is 0.176 e. The molecule has 0 aromatic carbocycles. The fourth-order valence-electron chi connectivity index (χ4n) is 0.229. The molecule has 1 heterocycles. The van der Waals surface area contributed by atoms with Crippen LogP contribution in [0.4, 0.5) is 0 Å². The summed E-state index contributed by atoms with van der Waals surface area (Å²) in [7, 11) is 0. The van der Waals surface area contributed by atoms with E-state index in [1.54, 1.807) is 0 Å². The van der Waals surface area contributed by atoms with E-state index in [2.05, 4.69) is 10.1 Å². The van der Waals surface area contributed by atoms with E-state index < -0.39 is 6.17 Å². The molecule has 1 rings (SSSR count). The molecule has 7 heavy (non-hydrogen) atoms. The Morgan fingerprint density at radius 3 is 3.00 bits per heavy atom. The van der Waals surface area contributed by atoms with E-state index in [-0.39, 0.29) is 5.84 Å². The summed E-state index contributed by atoms with van der Waals surface area (Å²) in [5.74, 6) is 0.125. The van der Waals surface area contributed by atoms with Gasteiger partial charge in [0.2, 0.25) is 0 Å². The average molecular weight is 103 g/mol. The Labute approximate surface area is 41.7 Å². The fourth-order valence-corrected chi connectivity index (χ4v) is 0.229. The van der Waals surface area contributed by atoms with Crippen LogP contribution in [0.5, 0.6) is 0 Å². The third kappa shape index (κ3) is 0.625. The minimum atomic E-state index is -0.713. The summed E-state index contributed by atoms with van der Waals surface area (Å²) in [6, 6.07) is 0. The SMILES string of the molecule is [2H]N1ON=C(N)C1N. The van der Waals surface area contributed by atoms with Crippen molar-refractivity contribution in [2.24, 2.45) is 16.6 Å².